The van der Waals surface area contributed by atoms with E-state index in [1.54, 1.807) is 30.3 Å². The van der Waals surface area contributed by atoms with Crippen molar-refractivity contribution in [3.05, 3.63) is 83.9 Å². The van der Waals surface area contributed by atoms with Crippen molar-refractivity contribution in [2.45, 2.75) is 16.7 Å². The summed E-state index contributed by atoms with van der Waals surface area (Å²) in [4.78, 5) is 16.3. The first-order chi connectivity index (χ1) is 15.0. The third kappa shape index (κ3) is 6.00. The summed E-state index contributed by atoms with van der Waals surface area (Å²) in [5, 5.41) is 5.06. The summed E-state index contributed by atoms with van der Waals surface area (Å²) in [7, 11) is -7.91. The van der Waals surface area contributed by atoms with Crippen molar-refractivity contribution in [1.29, 1.82) is 0 Å². The van der Waals surface area contributed by atoms with E-state index in [0.29, 0.717) is 11.3 Å². The quantitative estimate of drug-likeness (QED) is 0.527. The molecule has 0 saturated carbocycles. The van der Waals surface area contributed by atoms with Crippen LogP contribution in [0.3, 0.4) is 0 Å². The second-order valence-electron chi connectivity index (χ2n) is 6.64. The lowest BCUT2D eigenvalue weighted by molar-refractivity contribution is 0.206. The van der Waals surface area contributed by atoms with Gasteiger partial charge in [0.2, 0.25) is 10.0 Å². The highest BCUT2D eigenvalue weighted by Crippen LogP contribution is 2.20. The lowest BCUT2D eigenvalue weighted by Gasteiger charge is -2.09. The standard InChI is InChI=1S/C21H19N3O6S2/c1-15-6-10-19(11-7-15)32(28,29)24-21(25)30-20-5-3-2-4-16(20)14-23-17-8-12-18(13-9-17)31(22,26)27/h2-14H,1H3,(H,24,25)(H2,22,26,27). The van der Waals surface area contributed by atoms with Gasteiger partial charge in [0.25, 0.3) is 10.0 Å². The Morgan fingerprint density at radius 3 is 2.12 bits per heavy atom. The highest BCUT2D eigenvalue weighted by molar-refractivity contribution is 7.90. The first kappa shape index (κ1) is 23.1. The summed E-state index contributed by atoms with van der Waals surface area (Å²) in [5.74, 6) is 0.0778. The number of ether oxygens (including phenoxy) is 1. The van der Waals surface area contributed by atoms with E-state index in [1.165, 1.54) is 48.7 Å². The molecular weight excluding hydrogens is 454 g/mol. The van der Waals surface area contributed by atoms with Gasteiger partial charge in [0, 0.05) is 11.8 Å². The Labute approximate surface area is 185 Å². The van der Waals surface area contributed by atoms with Gasteiger partial charge in [-0.05, 0) is 55.5 Å². The minimum atomic E-state index is -4.10. The molecule has 3 N–H and O–H groups in total. The topological polar surface area (TPSA) is 145 Å². The van der Waals surface area contributed by atoms with Gasteiger partial charge in [0.15, 0.2) is 0 Å². The summed E-state index contributed by atoms with van der Waals surface area (Å²) in [6.07, 6.45) is 0.215. The highest BCUT2D eigenvalue weighted by atomic mass is 32.2. The number of nitrogens with zero attached hydrogens (tertiary/aromatic N) is 1. The Balaban J connectivity index is 1.74. The fourth-order valence-corrected chi connectivity index (χ4v) is 3.94. The minimum absolute atomic E-state index is 0.0494. The average molecular weight is 474 g/mol. The fraction of sp³-hybridized carbons (Fsp3) is 0.0476. The average Bonchev–Trinajstić information content (AvgIpc) is 2.72. The van der Waals surface area contributed by atoms with E-state index in [-0.39, 0.29) is 15.5 Å². The van der Waals surface area contributed by atoms with E-state index in [0.717, 1.165) is 5.56 Å². The molecule has 166 valence electrons. The summed E-state index contributed by atoms with van der Waals surface area (Å²) in [6, 6.07) is 17.9. The van der Waals surface area contributed by atoms with E-state index in [2.05, 4.69) is 4.99 Å². The Hall–Kier alpha value is -3.54. The molecule has 0 aliphatic rings. The predicted octanol–water partition coefficient (Wildman–Crippen LogP) is 2.87. The van der Waals surface area contributed by atoms with Gasteiger partial charge >= 0.3 is 6.09 Å². The third-order valence-electron chi connectivity index (χ3n) is 4.19. The maximum atomic E-state index is 12.3. The van der Waals surface area contributed by atoms with Crippen LogP contribution < -0.4 is 14.6 Å². The Morgan fingerprint density at radius 1 is 0.906 bits per heavy atom. The molecule has 3 rings (SSSR count). The summed E-state index contributed by atoms with van der Waals surface area (Å²) in [6.45, 7) is 1.81. The van der Waals surface area contributed by atoms with Crippen LogP contribution in [0.2, 0.25) is 0 Å². The normalized spacial score (nSPS) is 11.9. The highest BCUT2D eigenvalue weighted by Gasteiger charge is 2.19. The molecule has 3 aromatic rings. The minimum Gasteiger partial charge on any atom is -0.409 e. The molecule has 0 unspecified atom stereocenters. The zero-order valence-electron chi connectivity index (χ0n) is 16.8. The van der Waals surface area contributed by atoms with Crippen LogP contribution in [0.1, 0.15) is 11.1 Å². The van der Waals surface area contributed by atoms with E-state index in [1.807, 2.05) is 11.6 Å². The largest absolute Gasteiger partial charge is 0.426 e. The number of para-hydroxylation sites is 1. The number of nitrogens with two attached hydrogens (primary N) is 1. The number of carbonyl (C=O) groups is 1. The molecule has 0 aromatic heterocycles. The molecule has 0 atom stereocenters. The second kappa shape index (κ2) is 9.30. The Kier molecular flexibility index (Phi) is 6.72. The van der Waals surface area contributed by atoms with Crippen LogP contribution in [0.15, 0.2) is 87.6 Å². The number of hydrogen-bond donors (Lipinski definition) is 2. The number of benzene rings is 3. The molecule has 0 aliphatic carbocycles. The maximum Gasteiger partial charge on any atom is 0.426 e. The molecule has 32 heavy (non-hydrogen) atoms. The molecular formula is C21H19N3O6S2. The third-order valence-corrected chi connectivity index (χ3v) is 6.45. The van der Waals surface area contributed by atoms with Crippen molar-refractivity contribution in [2.24, 2.45) is 10.1 Å². The molecule has 0 bridgehead atoms. The molecule has 0 saturated heterocycles. The summed E-state index contributed by atoms with van der Waals surface area (Å²) >= 11 is 0. The van der Waals surface area contributed by atoms with Gasteiger partial charge in [-0.3, -0.25) is 4.99 Å². The number of rotatable bonds is 6. The number of primary sulfonamides is 1. The molecule has 3 aromatic carbocycles. The monoisotopic (exact) mass is 473 g/mol. The van der Waals surface area contributed by atoms with Crippen molar-refractivity contribution in [1.82, 2.24) is 4.72 Å². The summed E-state index contributed by atoms with van der Waals surface area (Å²) < 4.78 is 54.4. The predicted molar refractivity (Wildman–Crippen MR) is 119 cm³/mol. The van der Waals surface area contributed by atoms with Crippen molar-refractivity contribution in [2.75, 3.05) is 0 Å². The van der Waals surface area contributed by atoms with Crippen LogP contribution in [-0.4, -0.2) is 29.1 Å². The van der Waals surface area contributed by atoms with E-state index in [9.17, 15) is 21.6 Å². The number of sulfonamides is 2. The van der Waals surface area contributed by atoms with Crippen LogP contribution in [0.5, 0.6) is 5.75 Å². The number of carbonyl (C=O) groups excluding carboxylic acids is 1. The second-order valence-corrected chi connectivity index (χ2v) is 9.89. The molecule has 0 radical (unpaired) electrons. The molecule has 11 heteroatoms. The van der Waals surface area contributed by atoms with Crippen LogP contribution >= 0.6 is 0 Å². The number of aryl methyl sites for hydroxylation is 1. The van der Waals surface area contributed by atoms with Gasteiger partial charge in [0.1, 0.15) is 5.75 Å². The smallest absolute Gasteiger partial charge is 0.409 e. The van der Waals surface area contributed by atoms with Gasteiger partial charge in [-0.2, -0.15) is 0 Å². The van der Waals surface area contributed by atoms with Crippen LogP contribution in [0.25, 0.3) is 0 Å². The SMILES string of the molecule is Cc1ccc(S(=O)(=O)NC(=O)Oc2ccccc2C=Nc2ccc(S(N)(=O)=O)cc2)cc1. The lowest BCUT2D eigenvalue weighted by atomic mass is 10.2. The van der Waals surface area contributed by atoms with Gasteiger partial charge in [-0.15, -0.1) is 0 Å². The number of hydrogen-bond acceptors (Lipinski definition) is 7. The fourth-order valence-electron chi connectivity index (χ4n) is 2.55. The molecule has 9 nitrogen and oxygen atoms in total. The van der Waals surface area contributed by atoms with E-state index in [4.69, 9.17) is 9.88 Å². The number of aliphatic imine (C=N–C) groups is 1. The first-order valence-electron chi connectivity index (χ1n) is 9.12. The number of nitrogens with one attached hydrogen (secondary N) is 1. The molecule has 0 fully saturated rings. The van der Waals surface area contributed by atoms with Gasteiger partial charge in [0.05, 0.1) is 15.5 Å². The molecule has 1 amide bonds. The number of amides is 1. The summed E-state index contributed by atoms with van der Waals surface area (Å²) in [5.41, 5.74) is 1.70. The van der Waals surface area contributed by atoms with Crippen LogP contribution in [-0.2, 0) is 20.0 Å². The van der Waals surface area contributed by atoms with Gasteiger partial charge in [-0.1, -0.05) is 29.8 Å². The van der Waals surface area contributed by atoms with Crippen molar-refractivity contribution in [3.8, 4) is 5.75 Å². The van der Waals surface area contributed by atoms with Gasteiger partial charge in [-0.25, -0.2) is 31.5 Å². The Morgan fingerprint density at radius 2 is 1.50 bits per heavy atom. The van der Waals surface area contributed by atoms with E-state index >= 15 is 0 Å². The van der Waals surface area contributed by atoms with Gasteiger partial charge < -0.3 is 4.74 Å². The zero-order chi connectivity index (χ0) is 23.4. The maximum absolute atomic E-state index is 12.3. The molecule has 0 aliphatic heterocycles. The van der Waals surface area contributed by atoms with E-state index < -0.39 is 26.1 Å². The van der Waals surface area contributed by atoms with Crippen LogP contribution in [0, 0.1) is 6.92 Å². The Bertz CT molecular complexity index is 1370. The van der Waals surface area contributed by atoms with Crippen molar-refractivity contribution >= 4 is 38.0 Å². The van der Waals surface area contributed by atoms with Crippen LogP contribution in [0.4, 0.5) is 10.5 Å². The lowest BCUT2D eigenvalue weighted by Crippen LogP contribution is -2.33. The van der Waals surface area contributed by atoms with Crippen molar-refractivity contribution in [3.63, 3.8) is 0 Å². The first-order valence-corrected chi connectivity index (χ1v) is 12.1. The zero-order valence-corrected chi connectivity index (χ0v) is 18.4. The molecule has 0 heterocycles. The molecule has 0 spiro atoms. The van der Waals surface area contributed by atoms with Crippen molar-refractivity contribution < 1.29 is 26.4 Å².